The Hall–Kier alpha value is -1.21. The minimum atomic E-state index is 0.0529. The zero-order valence-corrected chi connectivity index (χ0v) is 11.8. The molecule has 0 aliphatic rings. The van der Waals surface area contributed by atoms with Gasteiger partial charge in [-0.2, -0.15) is 11.8 Å². The van der Waals surface area contributed by atoms with Gasteiger partial charge in [0.2, 0.25) is 5.89 Å². The number of hydrogen-bond acceptors (Lipinski definition) is 6. The second-order valence-electron chi connectivity index (χ2n) is 3.61. The molecule has 2 aromatic rings. The third kappa shape index (κ3) is 3.17. The smallest absolute Gasteiger partial charge is 0.277 e. The minimum Gasteiger partial charge on any atom is -0.415 e. The van der Waals surface area contributed by atoms with Gasteiger partial charge in [0.1, 0.15) is 0 Å². The van der Waals surface area contributed by atoms with E-state index in [9.17, 15) is 4.79 Å². The van der Waals surface area contributed by atoms with Gasteiger partial charge in [0.05, 0.1) is 17.2 Å². The number of rotatable bonds is 6. The van der Waals surface area contributed by atoms with Crippen molar-refractivity contribution >= 4 is 29.3 Å². The van der Waals surface area contributed by atoms with Gasteiger partial charge in [0.25, 0.3) is 5.22 Å². The molecule has 0 spiro atoms. The van der Waals surface area contributed by atoms with Crippen LogP contribution >= 0.6 is 23.5 Å². The van der Waals surface area contributed by atoms with Crippen LogP contribution in [0.1, 0.15) is 16.4 Å². The Kier molecular flexibility index (Phi) is 4.48. The topological polar surface area (TPSA) is 60.9 Å². The molecule has 7 heteroatoms. The first-order valence-corrected chi connectivity index (χ1v) is 7.67. The molecule has 2 aromatic heterocycles. The summed E-state index contributed by atoms with van der Waals surface area (Å²) in [6.07, 6.45) is 3.82. The Morgan fingerprint density at radius 3 is 3.00 bits per heavy atom. The van der Waals surface area contributed by atoms with E-state index in [4.69, 9.17) is 4.42 Å². The summed E-state index contributed by atoms with van der Waals surface area (Å²) < 4.78 is 7.18. The highest BCUT2D eigenvalue weighted by Gasteiger charge is 2.12. The molecule has 2 rings (SSSR count). The van der Waals surface area contributed by atoms with Gasteiger partial charge in [-0.25, -0.2) is 0 Å². The summed E-state index contributed by atoms with van der Waals surface area (Å²) >= 11 is 2.89. The standard InChI is InChI=1S/C11H13N3O2S2/c1-14-5-3-4-8(14)9(15)6-18-11-13-12-10(16-11)7-17-2/h3-5H,6-7H2,1-2H3. The van der Waals surface area contributed by atoms with Crippen molar-refractivity contribution in [1.29, 1.82) is 0 Å². The van der Waals surface area contributed by atoms with Crippen molar-refractivity contribution in [3.05, 3.63) is 29.9 Å². The maximum Gasteiger partial charge on any atom is 0.277 e. The highest BCUT2D eigenvalue weighted by Crippen LogP contribution is 2.19. The molecular formula is C11H13N3O2S2. The molecule has 0 amide bonds. The normalized spacial score (nSPS) is 10.8. The van der Waals surface area contributed by atoms with Crippen molar-refractivity contribution in [1.82, 2.24) is 14.8 Å². The summed E-state index contributed by atoms with van der Waals surface area (Å²) in [6.45, 7) is 0. The number of aryl methyl sites for hydroxylation is 1. The Bertz CT molecular complexity index is 536. The average Bonchev–Trinajstić information content (AvgIpc) is 2.96. The third-order valence-electron chi connectivity index (χ3n) is 2.27. The van der Waals surface area contributed by atoms with Crippen molar-refractivity contribution < 1.29 is 9.21 Å². The molecule has 0 aliphatic heterocycles. The first kappa shape index (κ1) is 13.2. The molecule has 18 heavy (non-hydrogen) atoms. The lowest BCUT2D eigenvalue weighted by atomic mass is 10.3. The van der Waals surface area contributed by atoms with Gasteiger partial charge in [-0.3, -0.25) is 4.79 Å². The SMILES string of the molecule is CSCc1nnc(SCC(=O)c2cccn2C)o1. The van der Waals surface area contributed by atoms with Gasteiger partial charge in [-0.1, -0.05) is 11.8 Å². The summed E-state index contributed by atoms with van der Waals surface area (Å²) in [4.78, 5) is 11.9. The van der Waals surface area contributed by atoms with Crippen LogP contribution in [0.25, 0.3) is 0 Å². The molecule has 2 heterocycles. The van der Waals surface area contributed by atoms with Crippen LogP contribution in [0, 0.1) is 0 Å². The number of carbonyl (C=O) groups is 1. The van der Waals surface area contributed by atoms with E-state index in [2.05, 4.69) is 10.2 Å². The number of ketones is 1. The number of carbonyl (C=O) groups excluding carboxylic acids is 1. The molecule has 5 nitrogen and oxygen atoms in total. The lowest BCUT2D eigenvalue weighted by Crippen LogP contribution is -2.07. The molecule has 0 radical (unpaired) electrons. The fraction of sp³-hybridized carbons (Fsp3) is 0.364. The molecular weight excluding hydrogens is 270 g/mol. The van der Waals surface area contributed by atoms with Gasteiger partial charge >= 0.3 is 0 Å². The maximum absolute atomic E-state index is 11.9. The molecule has 0 N–H and O–H groups in total. The van der Waals surface area contributed by atoms with Gasteiger partial charge in [0, 0.05) is 13.2 Å². The highest BCUT2D eigenvalue weighted by molar-refractivity contribution is 7.99. The molecule has 0 saturated carbocycles. The number of nitrogens with zero attached hydrogens (tertiary/aromatic N) is 3. The van der Waals surface area contributed by atoms with E-state index in [1.165, 1.54) is 11.8 Å². The molecule has 96 valence electrons. The van der Waals surface area contributed by atoms with E-state index in [1.54, 1.807) is 22.4 Å². The van der Waals surface area contributed by atoms with Crippen LogP contribution < -0.4 is 0 Å². The fourth-order valence-electron chi connectivity index (χ4n) is 1.43. The summed E-state index contributed by atoms with van der Waals surface area (Å²) in [6, 6.07) is 3.65. The molecule has 0 aliphatic carbocycles. The van der Waals surface area contributed by atoms with E-state index in [0.29, 0.717) is 28.3 Å². The van der Waals surface area contributed by atoms with Crippen molar-refractivity contribution in [2.24, 2.45) is 7.05 Å². The van der Waals surface area contributed by atoms with Crippen LogP contribution in [0.2, 0.25) is 0 Å². The van der Waals surface area contributed by atoms with Crippen LogP contribution in [0.5, 0.6) is 0 Å². The average molecular weight is 283 g/mol. The van der Waals surface area contributed by atoms with Crippen LogP contribution in [-0.2, 0) is 12.8 Å². The van der Waals surface area contributed by atoms with E-state index < -0.39 is 0 Å². The number of thioether (sulfide) groups is 2. The quantitative estimate of drug-likeness (QED) is 0.598. The second kappa shape index (κ2) is 6.10. The van der Waals surface area contributed by atoms with Gasteiger partial charge in [-0.15, -0.1) is 10.2 Å². The third-order valence-corrected chi connectivity index (χ3v) is 3.63. The van der Waals surface area contributed by atoms with Gasteiger partial charge in [0.15, 0.2) is 5.78 Å². The fourth-order valence-corrected chi connectivity index (χ4v) is 2.45. The van der Waals surface area contributed by atoms with Crippen molar-refractivity contribution in [2.45, 2.75) is 11.0 Å². The summed E-state index contributed by atoms with van der Waals surface area (Å²) in [5, 5.41) is 8.22. The molecule has 0 unspecified atom stereocenters. The highest BCUT2D eigenvalue weighted by atomic mass is 32.2. The zero-order valence-electron chi connectivity index (χ0n) is 10.1. The van der Waals surface area contributed by atoms with Crippen LogP contribution in [0.15, 0.2) is 28.0 Å². The Balaban J connectivity index is 1.91. The first-order valence-electron chi connectivity index (χ1n) is 5.29. The maximum atomic E-state index is 11.9. The summed E-state index contributed by atoms with van der Waals surface area (Å²) in [5.74, 6) is 1.64. The van der Waals surface area contributed by atoms with E-state index in [0.717, 1.165) is 0 Å². The number of aromatic nitrogens is 3. The van der Waals surface area contributed by atoms with E-state index in [-0.39, 0.29) is 5.78 Å². The minimum absolute atomic E-state index is 0.0529. The van der Waals surface area contributed by atoms with Crippen LogP contribution in [0.4, 0.5) is 0 Å². The monoisotopic (exact) mass is 283 g/mol. The summed E-state index contributed by atoms with van der Waals surface area (Å²) in [5.41, 5.74) is 0.686. The molecule has 0 fully saturated rings. The van der Waals surface area contributed by atoms with Crippen LogP contribution in [0.3, 0.4) is 0 Å². The lowest BCUT2D eigenvalue weighted by Gasteiger charge is -2.00. The summed E-state index contributed by atoms with van der Waals surface area (Å²) in [7, 11) is 1.85. The Labute approximate surface area is 113 Å². The van der Waals surface area contributed by atoms with E-state index in [1.807, 2.05) is 25.6 Å². The molecule has 0 saturated heterocycles. The predicted molar refractivity (Wildman–Crippen MR) is 72.0 cm³/mol. The van der Waals surface area contributed by atoms with Crippen molar-refractivity contribution in [3.8, 4) is 0 Å². The molecule has 0 bridgehead atoms. The lowest BCUT2D eigenvalue weighted by molar-refractivity contribution is 0.101. The first-order chi connectivity index (χ1) is 8.70. The van der Waals surface area contributed by atoms with Crippen molar-refractivity contribution in [2.75, 3.05) is 12.0 Å². The van der Waals surface area contributed by atoms with Crippen LogP contribution in [-0.4, -0.2) is 32.6 Å². The van der Waals surface area contributed by atoms with E-state index >= 15 is 0 Å². The number of hydrogen-bond donors (Lipinski definition) is 0. The number of Topliss-reactive ketones (excluding diaryl/α,β-unsaturated/α-hetero) is 1. The van der Waals surface area contributed by atoms with Gasteiger partial charge in [-0.05, 0) is 18.4 Å². The molecule has 0 atom stereocenters. The molecule has 0 aromatic carbocycles. The van der Waals surface area contributed by atoms with Crippen molar-refractivity contribution in [3.63, 3.8) is 0 Å². The van der Waals surface area contributed by atoms with Gasteiger partial charge < -0.3 is 8.98 Å². The Morgan fingerprint density at radius 2 is 2.33 bits per heavy atom. The largest absolute Gasteiger partial charge is 0.415 e. The predicted octanol–water partition coefficient (Wildman–Crippen LogP) is 2.25. The zero-order chi connectivity index (χ0) is 13.0. The Morgan fingerprint density at radius 1 is 1.50 bits per heavy atom. The second-order valence-corrected chi connectivity index (χ2v) is 5.40.